The van der Waals surface area contributed by atoms with Crippen LogP contribution in [0.4, 0.5) is 4.39 Å². The van der Waals surface area contributed by atoms with Crippen molar-refractivity contribution in [2.24, 2.45) is 5.73 Å². The minimum absolute atomic E-state index is 0.238. The Morgan fingerprint density at radius 1 is 1.19 bits per heavy atom. The number of aryl methyl sites for hydroxylation is 1. The first-order valence-electron chi connectivity index (χ1n) is 7.04. The maximum absolute atomic E-state index is 13.4. The molecular formula is C17H18FNO2. The molecule has 110 valence electrons. The van der Waals surface area contributed by atoms with E-state index < -0.39 is 0 Å². The van der Waals surface area contributed by atoms with Crippen LogP contribution in [0.3, 0.4) is 0 Å². The normalized spacial score (nSPS) is 14.8. The van der Waals surface area contributed by atoms with Gasteiger partial charge in [0.25, 0.3) is 0 Å². The van der Waals surface area contributed by atoms with Crippen molar-refractivity contribution in [3.63, 3.8) is 0 Å². The summed E-state index contributed by atoms with van der Waals surface area (Å²) in [5.41, 5.74) is 9.16. The molecule has 21 heavy (non-hydrogen) atoms. The second kappa shape index (κ2) is 5.74. The lowest BCUT2D eigenvalue weighted by atomic mass is 9.95. The van der Waals surface area contributed by atoms with E-state index in [0.717, 1.165) is 22.4 Å². The van der Waals surface area contributed by atoms with E-state index >= 15 is 0 Å². The van der Waals surface area contributed by atoms with Crippen molar-refractivity contribution in [1.29, 1.82) is 0 Å². The fraction of sp³-hybridized carbons (Fsp3) is 0.294. The number of hydrogen-bond donors (Lipinski definition) is 1. The van der Waals surface area contributed by atoms with Gasteiger partial charge < -0.3 is 15.2 Å². The van der Waals surface area contributed by atoms with Crippen molar-refractivity contribution in [3.8, 4) is 11.5 Å². The summed E-state index contributed by atoms with van der Waals surface area (Å²) in [6.07, 6.45) is 0.559. The van der Waals surface area contributed by atoms with Gasteiger partial charge in [0.05, 0.1) is 0 Å². The summed E-state index contributed by atoms with van der Waals surface area (Å²) in [6, 6.07) is 10.2. The first-order valence-corrected chi connectivity index (χ1v) is 7.04. The van der Waals surface area contributed by atoms with Crippen molar-refractivity contribution >= 4 is 0 Å². The van der Waals surface area contributed by atoms with E-state index in [1.54, 1.807) is 12.1 Å². The zero-order chi connectivity index (χ0) is 14.8. The second-order valence-corrected chi connectivity index (χ2v) is 5.25. The molecule has 2 N–H and O–H groups in total. The van der Waals surface area contributed by atoms with E-state index in [-0.39, 0.29) is 11.9 Å². The molecule has 1 unspecified atom stereocenters. The van der Waals surface area contributed by atoms with Crippen molar-refractivity contribution in [2.45, 2.75) is 19.4 Å². The second-order valence-electron chi connectivity index (χ2n) is 5.25. The number of ether oxygens (including phenoxy) is 2. The molecule has 0 amide bonds. The molecule has 1 aliphatic rings. The Labute approximate surface area is 123 Å². The molecule has 3 rings (SSSR count). The fourth-order valence-electron chi connectivity index (χ4n) is 2.60. The first kappa shape index (κ1) is 13.9. The summed E-state index contributed by atoms with van der Waals surface area (Å²) in [4.78, 5) is 0. The van der Waals surface area contributed by atoms with E-state index in [9.17, 15) is 4.39 Å². The van der Waals surface area contributed by atoms with Crippen molar-refractivity contribution in [2.75, 3.05) is 13.2 Å². The molecule has 1 atom stereocenters. The summed E-state index contributed by atoms with van der Waals surface area (Å²) in [5.74, 6) is 1.20. The zero-order valence-electron chi connectivity index (χ0n) is 11.9. The highest BCUT2D eigenvalue weighted by molar-refractivity contribution is 5.49. The monoisotopic (exact) mass is 287 g/mol. The molecule has 4 heteroatoms. The van der Waals surface area contributed by atoms with Gasteiger partial charge >= 0.3 is 0 Å². The Balaban J connectivity index is 1.89. The van der Waals surface area contributed by atoms with Crippen LogP contribution in [-0.4, -0.2) is 13.2 Å². The Kier molecular flexibility index (Phi) is 3.80. The Bertz CT molecular complexity index is 657. The molecular weight excluding hydrogens is 269 g/mol. The maximum atomic E-state index is 13.4. The van der Waals surface area contributed by atoms with Gasteiger partial charge in [-0.1, -0.05) is 18.2 Å². The molecule has 2 aromatic rings. The van der Waals surface area contributed by atoms with Crippen LogP contribution in [0.25, 0.3) is 0 Å². The van der Waals surface area contributed by atoms with Crippen LogP contribution in [0.5, 0.6) is 11.5 Å². The summed E-state index contributed by atoms with van der Waals surface area (Å²) in [7, 11) is 0. The average molecular weight is 287 g/mol. The third kappa shape index (κ3) is 2.85. The zero-order valence-corrected chi connectivity index (χ0v) is 11.9. The topological polar surface area (TPSA) is 44.5 Å². The van der Waals surface area contributed by atoms with Gasteiger partial charge in [-0.3, -0.25) is 0 Å². The highest BCUT2D eigenvalue weighted by atomic mass is 19.1. The SMILES string of the molecule is Cc1ccc(F)cc1CC(N)c1cccc2c1OCCO2. The predicted octanol–water partition coefficient (Wildman–Crippen LogP) is 3.15. The number of para-hydroxylation sites is 1. The Hall–Kier alpha value is -2.07. The first-order chi connectivity index (χ1) is 10.1. The molecule has 3 nitrogen and oxygen atoms in total. The Morgan fingerprint density at radius 2 is 2.00 bits per heavy atom. The number of fused-ring (bicyclic) bond motifs is 1. The van der Waals surface area contributed by atoms with E-state index in [2.05, 4.69) is 0 Å². The molecule has 0 fully saturated rings. The van der Waals surface area contributed by atoms with Crippen LogP contribution >= 0.6 is 0 Å². The molecule has 0 spiro atoms. The molecule has 1 heterocycles. The summed E-state index contributed by atoms with van der Waals surface area (Å²) < 4.78 is 24.6. The van der Waals surface area contributed by atoms with Crippen LogP contribution in [0.1, 0.15) is 22.7 Å². The summed E-state index contributed by atoms with van der Waals surface area (Å²) in [6.45, 7) is 3.03. The van der Waals surface area contributed by atoms with E-state index in [1.165, 1.54) is 6.07 Å². The lowest BCUT2D eigenvalue weighted by molar-refractivity contribution is 0.169. The van der Waals surface area contributed by atoms with Gasteiger partial charge in [-0.05, 0) is 42.7 Å². The third-order valence-corrected chi connectivity index (χ3v) is 3.75. The molecule has 0 radical (unpaired) electrons. The molecule has 2 aromatic carbocycles. The number of nitrogens with two attached hydrogens (primary N) is 1. The van der Waals surface area contributed by atoms with Crippen LogP contribution in [0.15, 0.2) is 36.4 Å². The van der Waals surface area contributed by atoms with Crippen molar-refractivity contribution in [3.05, 3.63) is 58.9 Å². The minimum atomic E-state index is -0.262. The van der Waals surface area contributed by atoms with E-state index in [4.69, 9.17) is 15.2 Å². The number of benzene rings is 2. The standard InChI is InChI=1S/C17H18FNO2/c1-11-5-6-13(18)9-12(11)10-15(19)14-3-2-4-16-17(14)21-8-7-20-16/h2-6,9,15H,7-8,10,19H2,1H3. The van der Waals surface area contributed by atoms with Gasteiger partial charge in [0.15, 0.2) is 11.5 Å². The van der Waals surface area contributed by atoms with Crippen molar-refractivity contribution < 1.29 is 13.9 Å². The van der Waals surface area contributed by atoms with E-state index in [1.807, 2.05) is 25.1 Å². The molecule has 0 aromatic heterocycles. The molecule has 0 aliphatic carbocycles. The van der Waals surface area contributed by atoms with E-state index in [0.29, 0.717) is 25.4 Å². The van der Waals surface area contributed by atoms with Gasteiger partial charge in [-0.25, -0.2) is 4.39 Å². The fourth-order valence-corrected chi connectivity index (χ4v) is 2.60. The molecule has 0 saturated carbocycles. The van der Waals surface area contributed by atoms with Crippen molar-refractivity contribution in [1.82, 2.24) is 0 Å². The van der Waals surface area contributed by atoms with Gasteiger partial charge in [0, 0.05) is 11.6 Å². The largest absolute Gasteiger partial charge is 0.486 e. The minimum Gasteiger partial charge on any atom is -0.486 e. The lowest BCUT2D eigenvalue weighted by Gasteiger charge is -2.23. The van der Waals surface area contributed by atoms with Crippen LogP contribution in [-0.2, 0) is 6.42 Å². The maximum Gasteiger partial charge on any atom is 0.166 e. The summed E-state index contributed by atoms with van der Waals surface area (Å²) >= 11 is 0. The quantitative estimate of drug-likeness (QED) is 0.943. The molecule has 1 aliphatic heterocycles. The Morgan fingerprint density at radius 3 is 2.86 bits per heavy atom. The predicted molar refractivity (Wildman–Crippen MR) is 79.2 cm³/mol. The molecule has 0 saturated heterocycles. The van der Waals surface area contributed by atoms with Crippen LogP contribution in [0.2, 0.25) is 0 Å². The van der Waals surface area contributed by atoms with Gasteiger partial charge in [-0.15, -0.1) is 0 Å². The van der Waals surface area contributed by atoms with Gasteiger partial charge in [0.1, 0.15) is 19.0 Å². The van der Waals surface area contributed by atoms with Gasteiger partial charge in [-0.2, -0.15) is 0 Å². The lowest BCUT2D eigenvalue weighted by Crippen LogP contribution is -2.20. The average Bonchev–Trinajstić information content (AvgIpc) is 2.50. The highest BCUT2D eigenvalue weighted by Crippen LogP contribution is 2.37. The molecule has 0 bridgehead atoms. The summed E-state index contributed by atoms with van der Waals surface area (Å²) in [5, 5.41) is 0. The van der Waals surface area contributed by atoms with Crippen LogP contribution < -0.4 is 15.2 Å². The number of halogens is 1. The highest BCUT2D eigenvalue weighted by Gasteiger charge is 2.20. The number of rotatable bonds is 3. The third-order valence-electron chi connectivity index (χ3n) is 3.75. The smallest absolute Gasteiger partial charge is 0.166 e. The van der Waals surface area contributed by atoms with Gasteiger partial charge in [0.2, 0.25) is 0 Å². The number of hydrogen-bond acceptors (Lipinski definition) is 3. The van der Waals surface area contributed by atoms with Crippen LogP contribution in [0, 0.1) is 12.7 Å².